The van der Waals surface area contributed by atoms with Gasteiger partial charge >= 0.3 is 6.03 Å². The van der Waals surface area contributed by atoms with Crippen LogP contribution in [0.4, 0.5) is 16.2 Å². The van der Waals surface area contributed by atoms with Crippen LogP contribution in [0, 0.1) is 25.7 Å². The lowest BCUT2D eigenvalue weighted by Crippen LogP contribution is -2.52. The average Bonchev–Trinajstić information content (AvgIpc) is 3.28. The van der Waals surface area contributed by atoms with Crippen molar-refractivity contribution in [3.8, 4) is 0 Å². The summed E-state index contributed by atoms with van der Waals surface area (Å²) in [5.74, 6) is 0.631. The second kappa shape index (κ2) is 11.0. The molecule has 0 aromatic heterocycles. The highest BCUT2D eigenvalue weighted by Crippen LogP contribution is 2.35. The zero-order valence-electron chi connectivity index (χ0n) is 22.5. The Bertz CT molecular complexity index is 1250. The number of rotatable bonds is 5. The molecule has 8 nitrogen and oxygen atoms in total. The van der Waals surface area contributed by atoms with Crippen molar-refractivity contribution in [2.75, 3.05) is 29.9 Å². The van der Waals surface area contributed by atoms with Crippen LogP contribution in [0.1, 0.15) is 55.7 Å². The van der Waals surface area contributed by atoms with Crippen molar-refractivity contribution < 1.29 is 14.4 Å². The number of para-hydroxylation sites is 1. The summed E-state index contributed by atoms with van der Waals surface area (Å²) in [5.41, 5.74) is 4.79. The van der Waals surface area contributed by atoms with E-state index in [0.717, 1.165) is 35.5 Å². The number of benzodiazepines with no additional fused rings is 1. The highest BCUT2D eigenvalue weighted by atomic mass is 16.2. The minimum Gasteiger partial charge on any atom is -0.341 e. The fourth-order valence-corrected chi connectivity index (χ4v) is 6.07. The van der Waals surface area contributed by atoms with Gasteiger partial charge in [0, 0.05) is 30.1 Å². The first-order valence-electron chi connectivity index (χ1n) is 13.7. The second-order valence-corrected chi connectivity index (χ2v) is 10.9. The lowest BCUT2D eigenvalue weighted by molar-refractivity contribution is -0.132. The van der Waals surface area contributed by atoms with Crippen LogP contribution in [-0.2, 0) is 9.59 Å². The Morgan fingerprint density at radius 1 is 1.00 bits per heavy atom. The Morgan fingerprint density at radius 2 is 1.68 bits per heavy atom. The third kappa shape index (κ3) is 5.44. The summed E-state index contributed by atoms with van der Waals surface area (Å²) < 4.78 is 0. The highest BCUT2D eigenvalue weighted by Gasteiger charge is 2.37. The number of carbonyl (C=O) groups is 3. The third-order valence-electron chi connectivity index (χ3n) is 8.05. The molecule has 3 fully saturated rings. The van der Waals surface area contributed by atoms with Crippen LogP contribution < -0.4 is 15.5 Å². The molecule has 2 bridgehead atoms. The predicted molar refractivity (Wildman–Crippen MR) is 150 cm³/mol. The van der Waals surface area contributed by atoms with Crippen molar-refractivity contribution >= 4 is 34.9 Å². The Kier molecular flexibility index (Phi) is 7.49. The monoisotopic (exact) mass is 515 g/mol. The number of carbonyl (C=O) groups excluding carboxylic acids is 3. The van der Waals surface area contributed by atoms with E-state index in [4.69, 9.17) is 4.99 Å². The van der Waals surface area contributed by atoms with E-state index in [1.54, 1.807) is 11.0 Å². The molecule has 4 amide bonds. The Morgan fingerprint density at radius 3 is 2.34 bits per heavy atom. The van der Waals surface area contributed by atoms with Crippen LogP contribution in [-0.4, -0.2) is 54.3 Å². The number of anilines is 2. The maximum Gasteiger partial charge on any atom is 0.321 e. The summed E-state index contributed by atoms with van der Waals surface area (Å²) in [4.78, 5) is 48.8. The standard InChI is InChI=1S/C30H37N5O3/c1-4-25-24-10-6-8-20(3)27(24)35(18-26(36)34-16-21-11-12-22(17-34)14-13-21)29(37)28(32-25)33-30(38)31-23-9-5-7-19(2)15-23/h5-10,15,21-22,28H,4,11-14,16-18H2,1-3H3,(H2,31,33,38)/t21?,22?,28-/m0/s1. The molecule has 8 heteroatoms. The first-order chi connectivity index (χ1) is 18.3. The summed E-state index contributed by atoms with van der Waals surface area (Å²) in [6, 6.07) is 12.8. The molecule has 2 aromatic carbocycles. The van der Waals surface area contributed by atoms with Gasteiger partial charge in [-0.05, 0) is 81.0 Å². The summed E-state index contributed by atoms with van der Waals surface area (Å²) >= 11 is 0. The van der Waals surface area contributed by atoms with Gasteiger partial charge in [0.05, 0.1) is 5.69 Å². The molecule has 4 aliphatic rings. The van der Waals surface area contributed by atoms with Gasteiger partial charge in [-0.1, -0.05) is 37.3 Å². The molecule has 0 spiro atoms. The molecule has 6 rings (SSSR count). The molecular weight excluding hydrogens is 478 g/mol. The SMILES string of the molecule is CCC1=N[C@@H](NC(=O)Nc2cccc(C)c2)C(=O)N(CC(=O)N2CC3CCC(CC3)C2)c2c(C)cccc21. The zero-order valence-corrected chi connectivity index (χ0v) is 22.5. The molecule has 0 unspecified atom stereocenters. The van der Waals surface area contributed by atoms with Gasteiger partial charge in [0.2, 0.25) is 12.1 Å². The smallest absolute Gasteiger partial charge is 0.321 e. The van der Waals surface area contributed by atoms with Crippen molar-refractivity contribution in [1.82, 2.24) is 10.2 Å². The molecular formula is C30H37N5O3. The van der Waals surface area contributed by atoms with E-state index in [9.17, 15) is 14.4 Å². The van der Waals surface area contributed by atoms with E-state index in [2.05, 4.69) is 10.6 Å². The van der Waals surface area contributed by atoms with E-state index >= 15 is 0 Å². The lowest BCUT2D eigenvalue weighted by Gasteiger charge is -2.30. The number of nitrogens with zero attached hydrogens (tertiary/aromatic N) is 3. The van der Waals surface area contributed by atoms with Gasteiger partial charge in [0.25, 0.3) is 5.91 Å². The molecule has 38 heavy (non-hydrogen) atoms. The molecule has 2 N–H and O–H groups in total. The fourth-order valence-electron chi connectivity index (χ4n) is 6.07. The third-order valence-corrected chi connectivity index (χ3v) is 8.05. The average molecular weight is 516 g/mol. The van der Waals surface area contributed by atoms with E-state index in [0.29, 0.717) is 29.6 Å². The summed E-state index contributed by atoms with van der Waals surface area (Å²) in [6.07, 6.45) is 4.14. The van der Waals surface area contributed by atoms with Crippen LogP contribution in [0.15, 0.2) is 47.5 Å². The molecule has 2 saturated heterocycles. The van der Waals surface area contributed by atoms with Crippen molar-refractivity contribution in [1.29, 1.82) is 0 Å². The number of benzene rings is 2. The molecule has 3 heterocycles. The van der Waals surface area contributed by atoms with Gasteiger partial charge in [-0.2, -0.15) is 0 Å². The minimum atomic E-state index is -1.14. The van der Waals surface area contributed by atoms with Crippen molar-refractivity contribution in [2.24, 2.45) is 16.8 Å². The van der Waals surface area contributed by atoms with E-state index in [1.807, 2.05) is 62.1 Å². The first kappa shape index (κ1) is 25.9. The summed E-state index contributed by atoms with van der Waals surface area (Å²) in [6.45, 7) is 7.32. The maximum atomic E-state index is 14.0. The van der Waals surface area contributed by atoms with E-state index in [-0.39, 0.29) is 12.5 Å². The normalized spacial score (nSPS) is 22.8. The van der Waals surface area contributed by atoms with E-state index < -0.39 is 18.1 Å². The molecule has 1 atom stereocenters. The molecule has 2 aromatic rings. The number of nitrogens with one attached hydrogen (secondary N) is 2. The van der Waals surface area contributed by atoms with Crippen LogP contribution in [0.25, 0.3) is 0 Å². The lowest BCUT2D eigenvalue weighted by atomic mass is 9.84. The molecule has 0 radical (unpaired) electrons. The topological polar surface area (TPSA) is 94.1 Å². The second-order valence-electron chi connectivity index (χ2n) is 10.9. The van der Waals surface area contributed by atoms with Gasteiger partial charge in [-0.15, -0.1) is 0 Å². The molecule has 1 aliphatic carbocycles. The maximum absolute atomic E-state index is 14.0. The van der Waals surface area contributed by atoms with Crippen LogP contribution >= 0.6 is 0 Å². The van der Waals surface area contributed by atoms with Gasteiger partial charge in [0.1, 0.15) is 6.54 Å². The number of hydrogen-bond donors (Lipinski definition) is 2. The van der Waals surface area contributed by atoms with E-state index in [1.165, 1.54) is 25.7 Å². The Labute approximate surface area is 224 Å². The first-order valence-corrected chi connectivity index (χ1v) is 13.7. The number of fused-ring (bicyclic) bond motifs is 5. The summed E-state index contributed by atoms with van der Waals surface area (Å²) in [7, 11) is 0. The predicted octanol–water partition coefficient (Wildman–Crippen LogP) is 4.65. The van der Waals surface area contributed by atoms with Crippen molar-refractivity contribution in [3.63, 3.8) is 0 Å². The van der Waals surface area contributed by atoms with Crippen LogP contribution in [0.5, 0.6) is 0 Å². The fraction of sp³-hybridized carbons (Fsp3) is 0.467. The number of aryl methyl sites for hydroxylation is 2. The number of hydrogen-bond acceptors (Lipinski definition) is 4. The minimum absolute atomic E-state index is 0.0470. The summed E-state index contributed by atoms with van der Waals surface area (Å²) in [5, 5.41) is 5.56. The van der Waals surface area contributed by atoms with Crippen LogP contribution in [0.2, 0.25) is 0 Å². The Hall–Kier alpha value is -3.68. The Balaban J connectivity index is 1.43. The highest BCUT2D eigenvalue weighted by molar-refractivity contribution is 6.15. The number of aliphatic imine (C=N–C) groups is 1. The van der Waals surface area contributed by atoms with Gasteiger partial charge in [-0.3, -0.25) is 19.5 Å². The quantitative estimate of drug-likeness (QED) is 0.607. The molecule has 1 saturated carbocycles. The number of urea groups is 1. The largest absolute Gasteiger partial charge is 0.341 e. The molecule has 200 valence electrons. The van der Waals surface area contributed by atoms with Gasteiger partial charge in [0.15, 0.2) is 0 Å². The zero-order chi connectivity index (χ0) is 26.8. The van der Waals surface area contributed by atoms with Gasteiger partial charge < -0.3 is 15.5 Å². The van der Waals surface area contributed by atoms with Gasteiger partial charge in [-0.25, -0.2) is 4.79 Å². The van der Waals surface area contributed by atoms with Crippen molar-refractivity contribution in [2.45, 2.75) is 59.0 Å². The van der Waals surface area contributed by atoms with Crippen LogP contribution in [0.3, 0.4) is 0 Å². The van der Waals surface area contributed by atoms with Crippen molar-refractivity contribution in [3.05, 3.63) is 59.2 Å². The molecule has 3 aliphatic heterocycles. The number of amides is 4.